The molecule has 2 N–H and O–H groups in total. The van der Waals surface area contributed by atoms with Crippen molar-refractivity contribution >= 4 is 11.9 Å². The number of methoxy groups -OCH3 is 1. The summed E-state index contributed by atoms with van der Waals surface area (Å²) < 4.78 is 4.99. The molecule has 0 aliphatic heterocycles. The molecule has 6 heteroatoms. The van der Waals surface area contributed by atoms with Crippen LogP contribution in [0.3, 0.4) is 0 Å². The van der Waals surface area contributed by atoms with Gasteiger partial charge in [-0.1, -0.05) is 30.3 Å². The van der Waals surface area contributed by atoms with Gasteiger partial charge in [-0.05, 0) is 25.0 Å². The van der Waals surface area contributed by atoms with E-state index in [-0.39, 0.29) is 5.91 Å². The lowest BCUT2D eigenvalue weighted by Gasteiger charge is -2.09. The summed E-state index contributed by atoms with van der Waals surface area (Å²) in [6.07, 6.45) is 0.851. The van der Waals surface area contributed by atoms with Gasteiger partial charge in [-0.3, -0.25) is 4.79 Å². The van der Waals surface area contributed by atoms with Crippen LogP contribution in [-0.2, 0) is 11.3 Å². The maximum Gasteiger partial charge on any atom is 0.270 e. The number of nitrogens with one attached hydrogen (secondary N) is 2. The number of anilines is 1. The predicted octanol–water partition coefficient (Wildman–Crippen LogP) is 2.16. The Hall–Kier alpha value is -2.47. The lowest BCUT2D eigenvalue weighted by atomic mass is 10.2. The molecule has 0 fully saturated rings. The minimum Gasteiger partial charge on any atom is -0.385 e. The highest BCUT2D eigenvalue weighted by Gasteiger charge is 2.10. The van der Waals surface area contributed by atoms with Gasteiger partial charge in [0.1, 0.15) is 5.69 Å². The third-order valence-electron chi connectivity index (χ3n) is 3.19. The van der Waals surface area contributed by atoms with Crippen LogP contribution >= 0.6 is 0 Å². The van der Waals surface area contributed by atoms with E-state index in [1.165, 1.54) is 0 Å². The smallest absolute Gasteiger partial charge is 0.270 e. The molecule has 0 saturated carbocycles. The first-order chi connectivity index (χ1) is 11.2. The molecule has 2 rings (SSSR count). The monoisotopic (exact) mass is 314 g/mol. The first-order valence-electron chi connectivity index (χ1n) is 7.59. The molecule has 0 radical (unpaired) electrons. The minimum atomic E-state index is -0.209. The van der Waals surface area contributed by atoms with Crippen molar-refractivity contribution in [2.24, 2.45) is 0 Å². The Kier molecular flexibility index (Phi) is 6.50. The number of aromatic nitrogens is 2. The van der Waals surface area contributed by atoms with E-state index in [4.69, 9.17) is 4.74 Å². The number of amides is 1. The molecule has 6 nitrogen and oxygen atoms in total. The van der Waals surface area contributed by atoms with Gasteiger partial charge in [0, 0.05) is 32.5 Å². The first-order valence-corrected chi connectivity index (χ1v) is 7.59. The van der Waals surface area contributed by atoms with Crippen molar-refractivity contribution in [3.63, 3.8) is 0 Å². The van der Waals surface area contributed by atoms with E-state index in [9.17, 15) is 4.79 Å². The van der Waals surface area contributed by atoms with Crippen molar-refractivity contribution in [1.29, 1.82) is 0 Å². The summed E-state index contributed by atoms with van der Waals surface area (Å²) in [6, 6.07) is 11.4. The fraction of sp³-hybridized carbons (Fsp3) is 0.353. The van der Waals surface area contributed by atoms with Crippen LogP contribution in [0.2, 0.25) is 0 Å². The SMILES string of the molecule is COCCCNc1nc(C)cc(C(=O)NCc2ccccc2)n1. The molecule has 1 aromatic heterocycles. The second kappa shape index (κ2) is 8.85. The third-order valence-corrected chi connectivity index (χ3v) is 3.19. The third kappa shape index (κ3) is 5.67. The number of benzene rings is 1. The molecular formula is C17H22N4O2. The van der Waals surface area contributed by atoms with Crippen LogP contribution in [0.25, 0.3) is 0 Å². The number of hydrogen-bond donors (Lipinski definition) is 2. The predicted molar refractivity (Wildman–Crippen MR) is 89.4 cm³/mol. The fourth-order valence-electron chi connectivity index (χ4n) is 2.05. The molecule has 0 aliphatic rings. The van der Waals surface area contributed by atoms with Crippen molar-refractivity contribution in [3.05, 3.63) is 53.3 Å². The van der Waals surface area contributed by atoms with Crippen molar-refractivity contribution < 1.29 is 9.53 Å². The van der Waals surface area contributed by atoms with Crippen LogP contribution in [0.1, 0.15) is 28.2 Å². The summed E-state index contributed by atoms with van der Waals surface area (Å²) in [6.45, 7) is 3.68. The molecule has 1 heterocycles. The molecule has 0 spiro atoms. The van der Waals surface area contributed by atoms with Gasteiger partial charge in [0.25, 0.3) is 5.91 Å². The number of rotatable bonds is 8. The van der Waals surface area contributed by atoms with E-state index in [2.05, 4.69) is 20.6 Å². The molecule has 0 saturated heterocycles. The van der Waals surface area contributed by atoms with Crippen molar-refractivity contribution in [3.8, 4) is 0 Å². The second-order valence-electron chi connectivity index (χ2n) is 5.16. The molecule has 1 aromatic carbocycles. The average Bonchev–Trinajstić information content (AvgIpc) is 2.57. The molecule has 0 unspecified atom stereocenters. The van der Waals surface area contributed by atoms with Gasteiger partial charge >= 0.3 is 0 Å². The van der Waals surface area contributed by atoms with Crippen LogP contribution in [0.5, 0.6) is 0 Å². The van der Waals surface area contributed by atoms with Crippen molar-refractivity contribution in [2.75, 3.05) is 25.6 Å². The van der Waals surface area contributed by atoms with Gasteiger partial charge in [-0.2, -0.15) is 0 Å². The van der Waals surface area contributed by atoms with Gasteiger partial charge in [-0.25, -0.2) is 9.97 Å². The van der Waals surface area contributed by atoms with Gasteiger partial charge < -0.3 is 15.4 Å². The van der Waals surface area contributed by atoms with Gasteiger partial charge in [0.05, 0.1) is 0 Å². The van der Waals surface area contributed by atoms with E-state index in [1.807, 2.05) is 37.3 Å². The highest BCUT2D eigenvalue weighted by atomic mass is 16.5. The number of carbonyl (C=O) groups is 1. The summed E-state index contributed by atoms with van der Waals surface area (Å²) in [5, 5.41) is 5.98. The Morgan fingerprint density at radius 1 is 1.22 bits per heavy atom. The Labute approximate surface area is 136 Å². The maximum atomic E-state index is 12.2. The molecule has 23 heavy (non-hydrogen) atoms. The van der Waals surface area contributed by atoms with Gasteiger partial charge in [0.15, 0.2) is 0 Å². The first kappa shape index (κ1) is 16.9. The van der Waals surface area contributed by atoms with E-state index >= 15 is 0 Å². The summed E-state index contributed by atoms with van der Waals surface area (Å²) in [5.41, 5.74) is 2.16. The summed E-state index contributed by atoms with van der Waals surface area (Å²) >= 11 is 0. The lowest BCUT2D eigenvalue weighted by molar-refractivity contribution is 0.0945. The molecule has 1 amide bonds. The van der Waals surface area contributed by atoms with E-state index in [0.29, 0.717) is 31.3 Å². The van der Waals surface area contributed by atoms with Gasteiger partial charge in [0.2, 0.25) is 5.95 Å². The molecule has 0 bridgehead atoms. The number of ether oxygens (including phenoxy) is 1. The molecular weight excluding hydrogens is 292 g/mol. The largest absolute Gasteiger partial charge is 0.385 e. The number of aryl methyl sites for hydroxylation is 1. The quantitative estimate of drug-likeness (QED) is 0.730. The summed E-state index contributed by atoms with van der Waals surface area (Å²) in [7, 11) is 1.67. The normalized spacial score (nSPS) is 10.3. The molecule has 122 valence electrons. The fourth-order valence-corrected chi connectivity index (χ4v) is 2.05. The highest BCUT2D eigenvalue weighted by Crippen LogP contribution is 2.06. The maximum absolute atomic E-state index is 12.2. The zero-order valence-electron chi connectivity index (χ0n) is 13.5. The Bertz CT molecular complexity index is 632. The zero-order chi connectivity index (χ0) is 16.5. The molecule has 2 aromatic rings. The Morgan fingerprint density at radius 2 is 2.00 bits per heavy atom. The lowest BCUT2D eigenvalue weighted by Crippen LogP contribution is -2.24. The van der Waals surface area contributed by atoms with Crippen LogP contribution in [-0.4, -0.2) is 36.1 Å². The van der Waals surface area contributed by atoms with E-state index < -0.39 is 0 Å². The summed E-state index contributed by atoms with van der Waals surface area (Å²) in [5.74, 6) is 0.255. The van der Waals surface area contributed by atoms with E-state index in [0.717, 1.165) is 17.7 Å². The zero-order valence-corrected chi connectivity index (χ0v) is 13.5. The Morgan fingerprint density at radius 3 is 2.74 bits per heavy atom. The van der Waals surface area contributed by atoms with Gasteiger partial charge in [-0.15, -0.1) is 0 Å². The van der Waals surface area contributed by atoms with Crippen molar-refractivity contribution in [1.82, 2.24) is 15.3 Å². The topological polar surface area (TPSA) is 76.1 Å². The molecule has 0 atom stereocenters. The minimum absolute atomic E-state index is 0.209. The number of carbonyl (C=O) groups excluding carboxylic acids is 1. The molecule has 0 aliphatic carbocycles. The van der Waals surface area contributed by atoms with E-state index in [1.54, 1.807) is 13.2 Å². The van der Waals surface area contributed by atoms with Crippen LogP contribution < -0.4 is 10.6 Å². The average molecular weight is 314 g/mol. The van der Waals surface area contributed by atoms with Crippen LogP contribution in [0, 0.1) is 6.92 Å². The summed E-state index contributed by atoms with van der Waals surface area (Å²) in [4.78, 5) is 20.8. The number of hydrogen-bond acceptors (Lipinski definition) is 5. The van der Waals surface area contributed by atoms with Crippen molar-refractivity contribution in [2.45, 2.75) is 19.9 Å². The van der Waals surface area contributed by atoms with Crippen LogP contribution in [0.15, 0.2) is 36.4 Å². The standard InChI is InChI=1S/C17H22N4O2/c1-13-11-15(21-17(20-13)18-9-6-10-23-2)16(22)19-12-14-7-4-3-5-8-14/h3-5,7-8,11H,6,9-10,12H2,1-2H3,(H,19,22)(H,18,20,21). The number of nitrogens with zero attached hydrogens (tertiary/aromatic N) is 2. The van der Waals surface area contributed by atoms with Crippen LogP contribution in [0.4, 0.5) is 5.95 Å². The highest BCUT2D eigenvalue weighted by molar-refractivity contribution is 5.92. The second-order valence-corrected chi connectivity index (χ2v) is 5.16. The Balaban J connectivity index is 1.95.